The smallest absolute Gasteiger partial charge is 0.306 e. The molecule has 5 nitrogen and oxygen atoms in total. The van der Waals surface area contributed by atoms with Gasteiger partial charge in [-0.2, -0.15) is 0 Å². The van der Waals surface area contributed by atoms with Crippen molar-refractivity contribution in [1.82, 2.24) is 10.2 Å². The second-order valence-electron chi connectivity index (χ2n) is 4.71. The summed E-state index contributed by atoms with van der Waals surface area (Å²) in [6.07, 6.45) is 2.69. The number of nitrogens with zero attached hydrogens (tertiary/aromatic N) is 1. The van der Waals surface area contributed by atoms with E-state index in [0.717, 1.165) is 26.1 Å². The van der Waals surface area contributed by atoms with Crippen LogP contribution in [0, 0.1) is 5.92 Å². The molecule has 1 rings (SSSR count). The van der Waals surface area contributed by atoms with Crippen LogP contribution in [0.3, 0.4) is 0 Å². The predicted molar refractivity (Wildman–Crippen MR) is 69.1 cm³/mol. The summed E-state index contributed by atoms with van der Waals surface area (Å²) >= 11 is 0. The standard InChI is InChI=1S/C13H24N2O3/c1-3-18-13(17)7-6-12(16)15-8-4-5-11(10-15)9-14-2/h11,14H,3-10H2,1-2H3. The number of likely N-dealkylation sites (tertiary alicyclic amines) is 1. The number of amides is 1. The predicted octanol–water partition coefficient (Wildman–Crippen LogP) is 0.788. The lowest BCUT2D eigenvalue weighted by atomic mass is 9.97. The number of rotatable bonds is 6. The van der Waals surface area contributed by atoms with Crippen molar-refractivity contribution in [2.24, 2.45) is 5.92 Å². The highest BCUT2D eigenvalue weighted by Crippen LogP contribution is 2.16. The van der Waals surface area contributed by atoms with E-state index in [2.05, 4.69) is 5.32 Å². The van der Waals surface area contributed by atoms with Crippen molar-refractivity contribution in [2.45, 2.75) is 32.6 Å². The fourth-order valence-electron chi connectivity index (χ4n) is 2.35. The SMILES string of the molecule is CCOC(=O)CCC(=O)N1CCCC(CNC)C1. The molecule has 1 heterocycles. The van der Waals surface area contributed by atoms with E-state index < -0.39 is 0 Å². The Labute approximate surface area is 109 Å². The molecule has 5 heteroatoms. The quantitative estimate of drug-likeness (QED) is 0.714. The Balaban J connectivity index is 2.30. The normalized spacial score (nSPS) is 19.7. The molecule has 1 N–H and O–H groups in total. The largest absolute Gasteiger partial charge is 0.466 e. The number of carbonyl (C=O) groups is 2. The van der Waals surface area contributed by atoms with Crippen LogP contribution in [-0.2, 0) is 14.3 Å². The summed E-state index contributed by atoms with van der Waals surface area (Å²) in [7, 11) is 1.93. The number of nitrogens with one attached hydrogen (secondary N) is 1. The minimum Gasteiger partial charge on any atom is -0.466 e. The second kappa shape index (κ2) is 8.08. The van der Waals surface area contributed by atoms with E-state index in [1.54, 1.807) is 6.92 Å². The van der Waals surface area contributed by atoms with Gasteiger partial charge in [0.2, 0.25) is 5.91 Å². The maximum atomic E-state index is 12.0. The third kappa shape index (κ3) is 5.04. The van der Waals surface area contributed by atoms with Crippen LogP contribution >= 0.6 is 0 Å². The fraction of sp³-hybridized carbons (Fsp3) is 0.846. The van der Waals surface area contributed by atoms with Crippen molar-refractivity contribution in [1.29, 1.82) is 0 Å². The van der Waals surface area contributed by atoms with Gasteiger partial charge in [-0.1, -0.05) is 0 Å². The van der Waals surface area contributed by atoms with Crippen molar-refractivity contribution >= 4 is 11.9 Å². The molecule has 0 bridgehead atoms. The molecule has 104 valence electrons. The Morgan fingerprint density at radius 2 is 2.17 bits per heavy atom. The van der Waals surface area contributed by atoms with Crippen molar-refractivity contribution in [3.8, 4) is 0 Å². The molecule has 0 aromatic carbocycles. The fourth-order valence-corrected chi connectivity index (χ4v) is 2.35. The number of hydrogen-bond donors (Lipinski definition) is 1. The minimum absolute atomic E-state index is 0.0730. The molecule has 0 spiro atoms. The lowest BCUT2D eigenvalue weighted by Crippen LogP contribution is -2.42. The first-order valence-corrected chi connectivity index (χ1v) is 6.75. The molecular weight excluding hydrogens is 232 g/mol. The van der Waals surface area contributed by atoms with Gasteiger partial charge in [-0.15, -0.1) is 0 Å². The molecule has 0 saturated carbocycles. The van der Waals surface area contributed by atoms with Gasteiger partial charge in [0.1, 0.15) is 0 Å². The highest BCUT2D eigenvalue weighted by atomic mass is 16.5. The third-order valence-electron chi connectivity index (χ3n) is 3.21. The molecule has 0 radical (unpaired) electrons. The molecule has 0 aliphatic carbocycles. The Hall–Kier alpha value is -1.10. The Bertz CT molecular complexity index is 279. The van der Waals surface area contributed by atoms with Crippen molar-refractivity contribution in [3.05, 3.63) is 0 Å². The zero-order valence-corrected chi connectivity index (χ0v) is 11.4. The first-order chi connectivity index (χ1) is 8.67. The molecule has 1 amide bonds. The summed E-state index contributed by atoms with van der Waals surface area (Å²) in [6, 6.07) is 0. The van der Waals surface area contributed by atoms with Crippen molar-refractivity contribution in [2.75, 3.05) is 33.3 Å². The van der Waals surface area contributed by atoms with E-state index in [9.17, 15) is 9.59 Å². The van der Waals surface area contributed by atoms with E-state index in [1.807, 2.05) is 11.9 Å². The van der Waals surface area contributed by atoms with Gasteiger partial charge < -0.3 is 15.0 Å². The minimum atomic E-state index is -0.283. The Kier molecular flexibility index (Phi) is 6.72. The molecule has 1 atom stereocenters. The maximum Gasteiger partial charge on any atom is 0.306 e. The van der Waals surface area contributed by atoms with E-state index in [-0.39, 0.29) is 24.7 Å². The second-order valence-corrected chi connectivity index (χ2v) is 4.71. The van der Waals surface area contributed by atoms with Gasteiger partial charge in [0.25, 0.3) is 0 Å². The number of ether oxygens (including phenoxy) is 1. The van der Waals surface area contributed by atoms with E-state index >= 15 is 0 Å². The van der Waals surface area contributed by atoms with Gasteiger partial charge >= 0.3 is 5.97 Å². The molecule has 18 heavy (non-hydrogen) atoms. The van der Waals surface area contributed by atoms with E-state index in [1.165, 1.54) is 6.42 Å². The van der Waals surface area contributed by atoms with Crippen molar-refractivity contribution < 1.29 is 14.3 Å². The van der Waals surface area contributed by atoms with Gasteiger partial charge in [0.05, 0.1) is 13.0 Å². The first kappa shape index (κ1) is 15.0. The third-order valence-corrected chi connectivity index (χ3v) is 3.21. The van der Waals surface area contributed by atoms with Crippen molar-refractivity contribution in [3.63, 3.8) is 0 Å². The number of piperidine rings is 1. The molecule has 0 aromatic heterocycles. The topological polar surface area (TPSA) is 58.6 Å². The number of hydrogen-bond acceptors (Lipinski definition) is 4. The van der Waals surface area contributed by atoms with Crippen LogP contribution < -0.4 is 5.32 Å². The first-order valence-electron chi connectivity index (χ1n) is 6.75. The van der Waals surface area contributed by atoms with Crippen LogP contribution in [0.2, 0.25) is 0 Å². The average Bonchev–Trinajstić information content (AvgIpc) is 2.37. The molecule has 1 fully saturated rings. The summed E-state index contributed by atoms with van der Waals surface area (Å²) in [4.78, 5) is 25.0. The van der Waals surface area contributed by atoms with Gasteiger partial charge in [0.15, 0.2) is 0 Å². The van der Waals surface area contributed by atoms with Crippen LogP contribution in [0.25, 0.3) is 0 Å². The summed E-state index contributed by atoms with van der Waals surface area (Å²) < 4.78 is 4.82. The van der Waals surface area contributed by atoms with Gasteiger partial charge in [-0.3, -0.25) is 9.59 Å². The molecule has 1 unspecified atom stereocenters. The summed E-state index contributed by atoms with van der Waals surface area (Å²) in [5, 5.41) is 3.15. The zero-order valence-electron chi connectivity index (χ0n) is 11.4. The molecular formula is C13H24N2O3. The summed E-state index contributed by atoms with van der Waals surface area (Å²) in [5.74, 6) is 0.328. The molecule has 0 aromatic rings. The van der Waals surface area contributed by atoms with Crippen LogP contribution in [0.15, 0.2) is 0 Å². The average molecular weight is 256 g/mol. The van der Waals surface area contributed by atoms with Crippen LogP contribution in [0.1, 0.15) is 32.6 Å². The van der Waals surface area contributed by atoms with Gasteiger partial charge in [0, 0.05) is 19.5 Å². The Morgan fingerprint density at radius 3 is 2.83 bits per heavy atom. The summed E-state index contributed by atoms with van der Waals surface area (Å²) in [5.41, 5.74) is 0. The number of esters is 1. The lowest BCUT2D eigenvalue weighted by molar-refractivity contribution is -0.146. The lowest BCUT2D eigenvalue weighted by Gasteiger charge is -2.32. The molecule has 1 saturated heterocycles. The summed E-state index contributed by atoms with van der Waals surface area (Å²) in [6.45, 7) is 4.72. The number of carbonyl (C=O) groups excluding carboxylic acids is 2. The van der Waals surface area contributed by atoms with Crippen LogP contribution in [0.5, 0.6) is 0 Å². The van der Waals surface area contributed by atoms with Crippen LogP contribution in [-0.4, -0.2) is 50.1 Å². The molecule has 1 aliphatic heterocycles. The highest BCUT2D eigenvalue weighted by Gasteiger charge is 2.23. The van der Waals surface area contributed by atoms with E-state index in [0.29, 0.717) is 12.5 Å². The van der Waals surface area contributed by atoms with Crippen LogP contribution in [0.4, 0.5) is 0 Å². The van der Waals surface area contributed by atoms with Gasteiger partial charge in [-0.05, 0) is 39.3 Å². The molecule has 1 aliphatic rings. The zero-order chi connectivity index (χ0) is 13.4. The van der Waals surface area contributed by atoms with Gasteiger partial charge in [-0.25, -0.2) is 0 Å². The maximum absolute atomic E-state index is 12.0. The monoisotopic (exact) mass is 256 g/mol. The highest BCUT2D eigenvalue weighted by molar-refractivity contribution is 5.81. The Morgan fingerprint density at radius 1 is 1.39 bits per heavy atom. The van der Waals surface area contributed by atoms with E-state index in [4.69, 9.17) is 4.74 Å².